The summed E-state index contributed by atoms with van der Waals surface area (Å²) in [5.41, 5.74) is 0.954. The molecule has 3 nitrogen and oxygen atoms in total. The van der Waals surface area contributed by atoms with Gasteiger partial charge in [0.05, 0.1) is 5.02 Å². The highest BCUT2D eigenvalue weighted by atomic mass is 35.5. The lowest BCUT2D eigenvalue weighted by atomic mass is 10.3. The molecule has 0 aliphatic carbocycles. The van der Waals surface area contributed by atoms with E-state index in [-0.39, 0.29) is 6.61 Å². The van der Waals surface area contributed by atoms with E-state index in [0.29, 0.717) is 5.75 Å². The van der Waals surface area contributed by atoms with Gasteiger partial charge in [-0.05, 0) is 18.2 Å². The van der Waals surface area contributed by atoms with E-state index in [9.17, 15) is 0 Å². The predicted octanol–water partition coefficient (Wildman–Crippen LogP) is 3.92. The van der Waals surface area contributed by atoms with Crippen LogP contribution in [-0.4, -0.2) is 6.61 Å². The molecule has 1 heterocycles. The molecule has 0 fully saturated rings. The molecular formula is C13H11ClN2OS. The van der Waals surface area contributed by atoms with E-state index >= 15 is 0 Å². The fourth-order valence-electron chi connectivity index (χ4n) is 1.45. The molecule has 1 N–H and O–H groups in total. The standard InChI is InChI=1S/C13H11ClN2OS/c14-10-6-13(18-9-10)8-16-11-2-1-3-12(7-11)17-5-4-15/h1-3,6-7,9,16H,5,8H2. The third-order valence-corrected chi connectivity index (χ3v) is 3.51. The van der Waals surface area contributed by atoms with Crippen molar-refractivity contribution < 1.29 is 4.74 Å². The summed E-state index contributed by atoms with van der Waals surface area (Å²) in [6, 6.07) is 11.4. The second-order valence-electron chi connectivity index (χ2n) is 3.56. The minimum atomic E-state index is 0.0595. The molecule has 0 radical (unpaired) electrons. The van der Waals surface area contributed by atoms with E-state index in [4.69, 9.17) is 21.6 Å². The highest BCUT2D eigenvalue weighted by Gasteiger charge is 1.99. The van der Waals surface area contributed by atoms with Gasteiger partial charge in [0.2, 0.25) is 0 Å². The summed E-state index contributed by atoms with van der Waals surface area (Å²) in [4.78, 5) is 1.17. The van der Waals surface area contributed by atoms with Gasteiger partial charge in [0, 0.05) is 28.6 Å². The summed E-state index contributed by atoms with van der Waals surface area (Å²) in [6.45, 7) is 0.781. The number of ether oxygens (including phenoxy) is 1. The number of nitriles is 1. The molecular weight excluding hydrogens is 268 g/mol. The topological polar surface area (TPSA) is 45.0 Å². The van der Waals surface area contributed by atoms with Crippen LogP contribution in [0.3, 0.4) is 0 Å². The van der Waals surface area contributed by atoms with E-state index in [1.807, 2.05) is 41.8 Å². The van der Waals surface area contributed by atoms with Crippen LogP contribution >= 0.6 is 22.9 Å². The Morgan fingerprint density at radius 1 is 1.39 bits per heavy atom. The molecule has 18 heavy (non-hydrogen) atoms. The van der Waals surface area contributed by atoms with Gasteiger partial charge in [0.15, 0.2) is 6.61 Å². The van der Waals surface area contributed by atoms with Crippen molar-refractivity contribution in [1.82, 2.24) is 0 Å². The Morgan fingerprint density at radius 3 is 3.00 bits per heavy atom. The van der Waals surface area contributed by atoms with E-state index in [2.05, 4.69) is 5.32 Å². The van der Waals surface area contributed by atoms with Gasteiger partial charge >= 0.3 is 0 Å². The van der Waals surface area contributed by atoms with Crippen LogP contribution < -0.4 is 10.1 Å². The normalized spacial score (nSPS) is 9.78. The van der Waals surface area contributed by atoms with Gasteiger partial charge in [0.25, 0.3) is 0 Å². The van der Waals surface area contributed by atoms with Crippen LogP contribution in [0.5, 0.6) is 5.75 Å². The van der Waals surface area contributed by atoms with Crippen molar-refractivity contribution in [2.24, 2.45) is 0 Å². The molecule has 0 aliphatic heterocycles. The van der Waals surface area contributed by atoms with Crippen LogP contribution in [0.4, 0.5) is 5.69 Å². The maximum absolute atomic E-state index is 8.45. The smallest absolute Gasteiger partial charge is 0.174 e. The van der Waals surface area contributed by atoms with E-state index in [0.717, 1.165) is 17.3 Å². The zero-order valence-corrected chi connectivity index (χ0v) is 11.1. The maximum atomic E-state index is 8.45. The van der Waals surface area contributed by atoms with E-state index in [1.54, 1.807) is 11.3 Å². The average molecular weight is 279 g/mol. The first-order chi connectivity index (χ1) is 8.78. The van der Waals surface area contributed by atoms with Gasteiger partial charge in [-0.15, -0.1) is 11.3 Å². The van der Waals surface area contributed by atoms with E-state index < -0.39 is 0 Å². The number of nitrogens with zero attached hydrogens (tertiary/aromatic N) is 1. The van der Waals surface area contributed by atoms with Crippen molar-refractivity contribution in [3.63, 3.8) is 0 Å². The molecule has 0 bridgehead atoms. The molecule has 0 atom stereocenters. The van der Waals surface area contributed by atoms with Crippen molar-refractivity contribution in [2.75, 3.05) is 11.9 Å². The Kier molecular flexibility index (Phi) is 4.46. The lowest BCUT2D eigenvalue weighted by Crippen LogP contribution is -1.98. The third-order valence-electron chi connectivity index (χ3n) is 2.23. The van der Waals surface area contributed by atoms with Gasteiger partial charge < -0.3 is 10.1 Å². The van der Waals surface area contributed by atoms with Gasteiger partial charge in [-0.2, -0.15) is 5.26 Å². The predicted molar refractivity (Wildman–Crippen MR) is 74.2 cm³/mol. The van der Waals surface area contributed by atoms with E-state index in [1.165, 1.54) is 4.88 Å². The van der Waals surface area contributed by atoms with Crippen molar-refractivity contribution in [1.29, 1.82) is 5.26 Å². The minimum absolute atomic E-state index is 0.0595. The number of hydrogen-bond donors (Lipinski definition) is 1. The fourth-order valence-corrected chi connectivity index (χ4v) is 2.46. The van der Waals surface area contributed by atoms with Gasteiger partial charge in [-0.25, -0.2) is 0 Å². The van der Waals surface area contributed by atoms with Crippen molar-refractivity contribution >= 4 is 28.6 Å². The van der Waals surface area contributed by atoms with Crippen molar-refractivity contribution in [3.8, 4) is 11.8 Å². The summed E-state index contributed by atoms with van der Waals surface area (Å²) in [5, 5.41) is 14.4. The average Bonchev–Trinajstić information content (AvgIpc) is 2.80. The minimum Gasteiger partial charge on any atom is -0.479 e. The number of benzene rings is 1. The second-order valence-corrected chi connectivity index (χ2v) is 4.99. The molecule has 2 rings (SSSR count). The molecule has 0 unspecified atom stereocenters. The highest BCUT2D eigenvalue weighted by molar-refractivity contribution is 7.10. The van der Waals surface area contributed by atoms with Crippen molar-refractivity contribution in [2.45, 2.75) is 6.54 Å². The molecule has 2 aromatic rings. The largest absolute Gasteiger partial charge is 0.479 e. The summed E-state index contributed by atoms with van der Waals surface area (Å²) in [7, 11) is 0. The summed E-state index contributed by atoms with van der Waals surface area (Å²) < 4.78 is 5.23. The molecule has 0 amide bonds. The first kappa shape index (κ1) is 12.7. The number of nitrogens with one attached hydrogen (secondary N) is 1. The lowest BCUT2D eigenvalue weighted by molar-refractivity contribution is 0.368. The Labute approximate surface area is 115 Å². The molecule has 0 aliphatic rings. The van der Waals surface area contributed by atoms with Crippen LogP contribution in [0.1, 0.15) is 4.88 Å². The molecule has 1 aromatic carbocycles. The number of thiophene rings is 1. The SMILES string of the molecule is N#CCOc1cccc(NCc2cc(Cl)cs2)c1. The van der Waals surface area contributed by atoms with Crippen LogP contribution in [0, 0.1) is 11.3 Å². The summed E-state index contributed by atoms with van der Waals surface area (Å²) in [6.07, 6.45) is 0. The molecule has 0 saturated heterocycles. The fraction of sp³-hybridized carbons (Fsp3) is 0.154. The Hall–Kier alpha value is -1.70. The summed E-state index contributed by atoms with van der Waals surface area (Å²) in [5.74, 6) is 0.686. The Bertz CT molecular complexity index is 562. The Balaban J connectivity index is 1.95. The quantitative estimate of drug-likeness (QED) is 0.902. The van der Waals surface area contributed by atoms with Gasteiger partial charge in [0.1, 0.15) is 11.8 Å². The molecule has 5 heteroatoms. The number of hydrogen-bond acceptors (Lipinski definition) is 4. The summed E-state index contributed by atoms with van der Waals surface area (Å²) >= 11 is 7.47. The first-order valence-electron chi connectivity index (χ1n) is 5.34. The van der Waals surface area contributed by atoms with Crippen LogP contribution in [0.15, 0.2) is 35.7 Å². The second kappa shape index (κ2) is 6.29. The first-order valence-corrected chi connectivity index (χ1v) is 6.60. The lowest BCUT2D eigenvalue weighted by Gasteiger charge is -2.07. The third kappa shape index (κ3) is 3.66. The van der Waals surface area contributed by atoms with Gasteiger partial charge in [-0.1, -0.05) is 17.7 Å². The maximum Gasteiger partial charge on any atom is 0.174 e. The molecule has 92 valence electrons. The number of rotatable bonds is 5. The van der Waals surface area contributed by atoms with Crippen LogP contribution in [0.2, 0.25) is 5.02 Å². The molecule has 0 spiro atoms. The van der Waals surface area contributed by atoms with Crippen LogP contribution in [0.25, 0.3) is 0 Å². The zero-order valence-electron chi connectivity index (χ0n) is 9.52. The Morgan fingerprint density at radius 2 is 2.28 bits per heavy atom. The molecule has 0 saturated carbocycles. The number of anilines is 1. The monoisotopic (exact) mass is 278 g/mol. The number of halogens is 1. The van der Waals surface area contributed by atoms with Gasteiger partial charge in [-0.3, -0.25) is 0 Å². The van der Waals surface area contributed by atoms with Crippen LogP contribution in [-0.2, 0) is 6.54 Å². The zero-order chi connectivity index (χ0) is 12.8. The highest BCUT2D eigenvalue weighted by Crippen LogP contribution is 2.22. The molecule has 1 aromatic heterocycles. The van der Waals surface area contributed by atoms with Crippen molar-refractivity contribution in [3.05, 3.63) is 45.6 Å².